The van der Waals surface area contributed by atoms with E-state index in [1.165, 1.54) is 12.1 Å². The van der Waals surface area contributed by atoms with Gasteiger partial charge in [-0.05, 0) is 65.7 Å². The van der Waals surface area contributed by atoms with Gasteiger partial charge in [-0.1, -0.05) is 23.8 Å². The molecule has 0 saturated heterocycles. The van der Waals surface area contributed by atoms with Crippen molar-refractivity contribution in [2.75, 3.05) is 7.11 Å². The molecule has 0 amide bonds. The van der Waals surface area contributed by atoms with E-state index in [2.05, 4.69) is 5.10 Å². The van der Waals surface area contributed by atoms with Gasteiger partial charge < -0.3 is 4.74 Å². The van der Waals surface area contributed by atoms with Gasteiger partial charge in [-0.25, -0.2) is 0 Å². The fraction of sp³-hybridized carbons (Fsp3) is 0.136. The molecule has 0 atom stereocenters. The van der Waals surface area contributed by atoms with Gasteiger partial charge in [0, 0.05) is 16.9 Å². The van der Waals surface area contributed by atoms with Crippen molar-refractivity contribution in [1.82, 2.24) is 15.0 Å². The first kappa shape index (κ1) is 19.3. The Hall–Kier alpha value is -4.07. The Balaban J connectivity index is 1.91. The van der Waals surface area contributed by atoms with E-state index in [1.54, 1.807) is 28.8 Å². The lowest BCUT2D eigenvalue weighted by molar-refractivity contribution is -0.734. The van der Waals surface area contributed by atoms with Gasteiger partial charge in [0.2, 0.25) is 5.69 Å². The first-order valence-corrected chi connectivity index (χ1v) is 9.33. The number of aryl methyl sites for hydroxylation is 2. The van der Waals surface area contributed by atoms with Gasteiger partial charge in [-0.15, -0.1) is 0 Å². The predicted molar refractivity (Wildman–Crippen MR) is 111 cm³/mol. The Labute approximate surface area is 173 Å². The van der Waals surface area contributed by atoms with Crippen molar-refractivity contribution >= 4 is 5.69 Å². The maximum Gasteiger partial charge on any atom is 0.340 e. The highest BCUT2D eigenvalue weighted by molar-refractivity contribution is 5.54. The molecule has 4 aromatic rings. The van der Waals surface area contributed by atoms with Crippen LogP contribution in [-0.2, 0) is 0 Å². The third-order valence-corrected chi connectivity index (χ3v) is 4.71. The molecule has 0 aliphatic rings. The zero-order chi connectivity index (χ0) is 21.3. The molecule has 1 aromatic heterocycles. The first-order valence-electron chi connectivity index (χ1n) is 9.33. The Kier molecular flexibility index (Phi) is 4.97. The summed E-state index contributed by atoms with van der Waals surface area (Å²) in [6, 6.07) is 19.9. The van der Waals surface area contributed by atoms with Crippen LogP contribution in [0.15, 0.2) is 66.7 Å². The summed E-state index contributed by atoms with van der Waals surface area (Å²) in [5.41, 5.74) is 4.40. The summed E-state index contributed by atoms with van der Waals surface area (Å²) in [6.07, 6.45) is 0. The summed E-state index contributed by atoms with van der Waals surface area (Å²) in [4.78, 5) is 13.8. The second-order valence-corrected chi connectivity index (χ2v) is 6.92. The highest BCUT2D eigenvalue weighted by Gasteiger charge is 2.26. The van der Waals surface area contributed by atoms with Gasteiger partial charge in [0.05, 0.1) is 22.7 Å². The molecule has 0 spiro atoms. The van der Waals surface area contributed by atoms with Crippen molar-refractivity contribution in [3.05, 3.63) is 88.0 Å². The fourth-order valence-corrected chi connectivity index (χ4v) is 3.08. The van der Waals surface area contributed by atoms with E-state index < -0.39 is 4.92 Å². The quantitative estimate of drug-likeness (QED) is 0.288. The summed E-state index contributed by atoms with van der Waals surface area (Å²) in [7, 11) is 1.60. The Morgan fingerprint density at radius 1 is 0.967 bits per heavy atom. The fourth-order valence-electron chi connectivity index (χ4n) is 3.08. The molecule has 0 bridgehead atoms. The maximum atomic E-state index is 11.0. The van der Waals surface area contributed by atoms with Crippen molar-refractivity contribution in [1.29, 1.82) is 0 Å². The SMILES string of the molecule is COc1cc(C)ccc1-[n+]1nc(-c2ccc(C)cc2)nn1-c1ccc([N+](=O)[O-])cc1. The number of nitro groups is 1. The molecular formula is C22H20N5O3+. The zero-order valence-corrected chi connectivity index (χ0v) is 16.8. The number of aromatic nitrogens is 4. The summed E-state index contributed by atoms with van der Waals surface area (Å²) in [5.74, 6) is 1.17. The van der Waals surface area contributed by atoms with Crippen molar-refractivity contribution in [2.24, 2.45) is 0 Å². The molecule has 0 unspecified atom stereocenters. The molecule has 4 rings (SSSR count). The number of non-ortho nitro benzene ring substituents is 1. The van der Waals surface area contributed by atoms with E-state index in [4.69, 9.17) is 9.84 Å². The molecule has 30 heavy (non-hydrogen) atoms. The van der Waals surface area contributed by atoms with E-state index in [1.807, 2.05) is 56.3 Å². The Bertz CT molecular complexity index is 1210. The second-order valence-electron chi connectivity index (χ2n) is 6.92. The monoisotopic (exact) mass is 402 g/mol. The third-order valence-electron chi connectivity index (χ3n) is 4.71. The minimum Gasteiger partial charge on any atom is -0.492 e. The van der Waals surface area contributed by atoms with Crippen LogP contribution in [-0.4, -0.2) is 27.0 Å². The minimum absolute atomic E-state index is 0.0112. The predicted octanol–water partition coefficient (Wildman–Crippen LogP) is 3.74. The molecule has 0 saturated carbocycles. The lowest BCUT2D eigenvalue weighted by Crippen LogP contribution is -2.43. The second kappa shape index (κ2) is 7.75. The lowest BCUT2D eigenvalue weighted by atomic mass is 10.1. The molecule has 0 radical (unpaired) electrons. The molecule has 3 aromatic carbocycles. The lowest BCUT2D eigenvalue weighted by Gasteiger charge is -2.06. The molecule has 0 aliphatic carbocycles. The number of nitrogens with zero attached hydrogens (tertiary/aromatic N) is 5. The van der Waals surface area contributed by atoms with E-state index in [9.17, 15) is 10.1 Å². The molecule has 150 valence electrons. The number of rotatable bonds is 5. The molecule has 0 aliphatic heterocycles. The number of hydrogen-bond donors (Lipinski definition) is 0. The molecule has 0 fully saturated rings. The van der Waals surface area contributed by atoms with E-state index in [-0.39, 0.29) is 5.69 Å². The van der Waals surface area contributed by atoms with Gasteiger partial charge in [-0.2, -0.15) is 0 Å². The average Bonchev–Trinajstić information content (AvgIpc) is 3.19. The van der Waals surface area contributed by atoms with Gasteiger partial charge in [0.25, 0.3) is 5.69 Å². The van der Waals surface area contributed by atoms with Crippen molar-refractivity contribution in [3.63, 3.8) is 0 Å². The highest BCUT2D eigenvalue weighted by atomic mass is 16.6. The molecule has 8 heteroatoms. The van der Waals surface area contributed by atoms with Crippen LogP contribution in [0.1, 0.15) is 11.1 Å². The normalized spacial score (nSPS) is 10.8. The van der Waals surface area contributed by atoms with Crippen LogP contribution in [0.4, 0.5) is 5.69 Å². The van der Waals surface area contributed by atoms with Crippen molar-refractivity contribution < 1.29 is 14.5 Å². The standard InChI is InChI=1S/C22H20N5O3/c1-15-4-7-17(8-5-15)22-23-25(18-9-11-19(12-10-18)27(28)29)26(24-22)20-13-6-16(2)14-21(20)30-3/h4-14H,1-3H3/q+1. The maximum absolute atomic E-state index is 11.0. The van der Waals surface area contributed by atoms with Crippen LogP contribution in [0.3, 0.4) is 0 Å². The highest BCUT2D eigenvalue weighted by Crippen LogP contribution is 2.22. The van der Waals surface area contributed by atoms with E-state index in [0.717, 1.165) is 16.7 Å². The van der Waals surface area contributed by atoms with Crippen LogP contribution in [0.25, 0.3) is 22.8 Å². The Morgan fingerprint density at radius 3 is 2.27 bits per heavy atom. The number of methoxy groups -OCH3 is 1. The van der Waals surface area contributed by atoms with Crippen molar-refractivity contribution in [3.8, 4) is 28.5 Å². The van der Waals surface area contributed by atoms with Crippen molar-refractivity contribution in [2.45, 2.75) is 13.8 Å². The van der Waals surface area contributed by atoms with Gasteiger partial charge in [0.1, 0.15) is 5.69 Å². The number of nitro benzene ring substituents is 1. The smallest absolute Gasteiger partial charge is 0.340 e. The number of hydrogen-bond acceptors (Lipinski definition) is 5. The summed E-state index contributed by atoms with van der Waals surface area (Å²) in [6.45, 7) is 4.00. The van der Waals surface area contributed by atoms with Gasteiger partial charge in [-0.3, -0.25) is 10.1 Å². The van der Waals surface area contributed by atoms with Crippen LogP contribution in [0.5, 0.6) is 5.75 Å². The zero-order valence-electron chi connectivity index (χ0n) is 16.8. The number of tetrazole rings is 1. The average molecular weight is 402 g/mol. The van der Waals surface area contributed by atoms with Crippen LogP contribution in [0, 0.1) is 24.0 Å². The van der Waals surface area contributed by atoms with Crippen LogP contribution < -0.4 is 9.53 Å². The minimum atomic E-state index is -0.431. The first-order chi connectivity index (χ1) is 14.5. The molecular weight excluding hydrogens is 382 g/mol. The van der Waals surface area contributed by atoms with Crippen LogP contribution >= 0.6 is 0 Å². The van der Waals surface area contributed by atoms with E-state index in [0.29, 0.717) is 22.9 Å². The van der Waals surface area contributed by atoms with Gasteiger partial charge in [0.15, 0.2) is 5.75 Å². The third kappa shape index (κ3) is 3.62. The van der Waals surface area contributed by atoms with Crippen LogP contribution in [0.2, 0.25) is 0 Å². The number of benzene rings is 3. The summed E-state index contributed by atoms with van der Waals surface area (Å²) < 4.78 is 5.56. The molecule has 8 nitrogen and oxygen atoms in total. The Morgan fingerprint density at radius 2 is 1.63 bits per heavy atom. The van der Waals surface area contributed by atoms with Gasteiger partial charge >= 0.3 is 5.82 Å². The summed E-state index contributed by atoms with van der Waals surface area (Å²) in [5, 5.41) is 20.4. The largest absolute Gasteiger partial charge is 0.492 e. The topological polar surface area (TPSA) is 87.0 Å². The number of ether oxygens (including phenoxy) is 1. The van der Waals surface area contributed by atoms with E-state index >= 15 is 0 Å². The molecule has 1 heterocycles. The molecule has 0 N–H and O–H groups in total. The summed E-state index contributed by atoms with van der Waals surface area (Å²) >= 11 is 0.